The first kappa shape index (κ1) is 20.6. The molecule has 0 aromatic heterocycles. The van der Waals surface area contributed by atoms with Crippen LogP contribution in [0.1, 0.15) is 37.8 Å². The smallest absolute Gasteiger partial charge is 0.323 e. The molecule has 0 spiro atoms. The number of fused-ring (bicyclic) bond motifs is 1. The van der Waals surface area contributed by atoms with Crippen LogP contribution in [0.5, 0.6) is 0 Å². The molecule has 1 saturated heterocycles. The van der Waals surface area contributed by atoms with E-state index in [0.29, 0.717) is 22.9 Å². The summed E-state index contributed by atoms with van der Waals surface area (Å²) in [7, 11) is 0. The number of carbonyl (C=O) groups is 4. The largest absolute Gasteiger partial charge is 0.325 e. The number of amides is 5. The van der Waals surface area contributed by atoms with Gasteiger partial charge in [0.25, 0.3) is 5.91 Å². The molecule has 8 nitrogen and oxygen atoms in total. The average molecular weight is 420 g/mol. The van der Waals surface area contributed by atoms with Crippen molar-refractivity contribution >= 4 is 35.1 Å². The molecule has 160 valence electrons. The SMILES string of the molecule is CC(C)c1ccc(C2(C)NC(=O)N(CC(=O)N3CC(=O)Nc4ccccc43)C2=O)cc1. The van der Waals surface area contributed by atoms with E-state index in [9.17, 15) is 19.2 Å². The Bertz CT molecular complexity index is 1080. The molecule has 2 aromatic carbocycles. The molecule has 0 radical (unpaired) electrons. The number of imide groups is 1. The van der Waals surface area contributed by atoms with Gasteiger partial charge < -0.3 is 10.6 Å². The van der Waals surface area contributed by atoms with Gasteiger partial charge in [-0.3, -0.25) is 24.2 Å². The molecule has 2 aliphatic heterocycles. The van der Waals surface area contributed by atoms with E-state index >= 15 is 0 Å². The first-order valence-electron chi connectivity index (χ1n) is 10.1. The highest BCUT2D eigenvalue weighted by Crippen LogP contribution is 2.32. The Morgan fingerprint density at radius 1 is 1.06 bits per heavy atom. The molecule has 0 saturated carbocycles. The van der Waals surface area contributed by atoms with E-state index in [0.717, 1.165) is 10.5 Å². The lowest BCUT2D eigenvalue weighted by Gasteiger charge is -2.30. The molecule has 4 rings (SSSR count). The Morgan fingerprint density at radius 2 is 1.74 bits per heavy atom. The van der Waals surface area contributed by atoms with Gasteiger partial charge in [0.15, 0.2) is 0 Å². The topological polar surface area (TPSA) is 98.8 Å². The fourth-order valence-corrected chi connectivity index (χ4v) is 3.91. The van der Waals surface area contributed by atoms with E-state index in [-0.39, 0.29) is 12.5 Å². The van der Waals surface area contributed by atoms with Crippen LogP contribution in [-0.4, -0.2) is 41.7 Å². The molecule has 0 bridgehead atoms. The maximum atomic E-state index is 13.2. The molecule has 0 aliphatic carbocycles. The minimum Gasteiger partial charge on any atom is -0.323 e. The van der Waals surface area contributed by atoms with Crippen LogP contribution in [0.4, 0.5) is 16.2 Å². The molecular weight excluding hydrogens is 396 g/mol. The Hall–Kier alpha value is -3.68. The monoisotopic (exact) mass is 420 g/mol. The molecule has 1 fully saturated rings. The molecule has 2 aliphatic rings. The normalized spacial score (nSPS) is 20.6. The van der Waals surface area contributed by atoms with Gasteiger partial charge in [-0.2, -0.15) is 0 Å². The number of para-hydroxylation sites is 2. The van der Waals surface area contributed by atoms with Crippen molar-refractivity contribution in [1.82, 2.24) is 10.2 Å². The Morgan fingerprint density at radius 3 is 2.42 bits per heavy atom. The third-order valence-electron chi connectivity index (χ3n) is 5.79. The second-order valence-corrected chi connectivity index (χ2v) is 8.27. The molecule has 1 unspecified atom stereocenters. The Kier molecular flexibility index (Phi) is 5.00. The van der Waals surface area contributed by atoms with Gasteiger partial charge >= 0.3 is 6.03 Å². The third-order valence-corrected chi connectivity index (χ3v) is 5.79. The van der Waals surface area contributed by atoms with Crippen molar-refractivity contribution in [3.8, 4) is 0 Å². The van der Waals surface area contributed by atoms with Gasteiger partial charge in [-0.1, -0.05) is 50.2 Å². The maximum Gasteiger partial charge on any atom is 0.325 e. The van der Waals surface area contributed by atoms with Crippen molar-refractivity contribution in [2.75, 3.05) is 23.3 Å². The summed E-state index contributed by atoms with van der Waals surface area (Å²) >= 11 is 0. The van der Waals surface area contributed by atoms with E-state index in [1.807, 2.05) is 24.3 Å². The highest BCUT2D eigenvalue weighted by atomic mass is 16.2. The number of carbonyl (C=O) groups excluding carboxylic acids is 4. The molecule has 8 heteroatoms. The minimum absolute atomic E-state index is 0.173. The summed E-state index contributed by atoms with van der Waals surface area (Å²) in [6.07, 6.45) is 0. The number of hydrogen-bond donors (Lipinski definition) is 2. The molecule has 31 heavy (non-hydrogen) atoms. The number of nitrogens with one attached hydrogen (secondary N) is 2. The van der Waals surface area contributed by atoms with Crippen LogP contribution in [0.25, 0.3) is 0 Å². The molecule has 2 N–H and O–H groups in total. The Labute approximate surface area is 180 Å². The van der Waals surface area contributed by atoms with Crippen LogP contribution in [-0.2, 0) is 19.9 Å². The van der Waals surface area contributed by atoms with Crippen LogP contribution in [0.15, 0.2) is 48.5 Å². The van der Waals surface area contributed by atoms with Crippen LogP contribution in [0, 0.1) is 0 Å². The van der Waals surface area contributed by atoms with Gasteiger partial charge in [0.1, 0.15) is 18.6 Å². The lowest BCUT2D eigenvalue weighted by Crippen LogP contribution is -2.48. The van der Waals surface area contributed by atoms with E-state index < -0.39 is 29.9 Å². The molecule has 2 aromatic rings. The highest BCUT2D eigenvalue weighted by Gasteiger charge is 2.50. The summed E-state index contributed by atoms with van der Waals surface area (Å²) in [6.45, 7) is 5.16. The average Bonchev–Trinajstić information content (AvgIpc) is 2.97. The lowest BCUT2D eigenvalue weighted by molar-refractivity contribution is -0.134. The maximum absolute atomic E-state index is 13.2. The van der Waals surface area contributed by atoms with Crippen LogP contribution in [0.2, 0.25) is 0 Å². The van der Waals surface area contributed by atoms with Crippen molar-refractivity contribution in [3.63, 3.8) is 0 Å². The van der Waals surface area contributed by atoms with Gasteiger partial charge in [-0.05, 0) is 36.1 Å². The predicted octanol–water partition coefficient (Wildman–Crippen LogP) is 2.56. The summed E-state index contributed by atoms with van der Waals surface area (Å²) in [6, 6.07) is 13.8. The zero-order chi connectivity index (χ0) is 22.3. The van der Waals surface area contributed by atoms with E-state index in [2.05, 4.69) is 24.5 Å². The van der Waals surface area contributed by atoms with E-state index in [1.165, 1.54) is 4.90 Å². The van der Waals surface area contributed by atoms with E-state index in [1.54, 1.807) is 31.2 Å². The Balaban J connectivity index is 1.56. The van der Waals surface area contributed by atoms with Gasteiger partial charge in [-0.25, -0.2) is 4.79 Å². The van der Waals surface area contributed by atoms with Gasteiger partial charge in [0.05, 0.1) is 11.4 Å². The highest BCUT2D eigenvalue weighted by molar-refractivity contribution is 6.14. The molecular formula is C23H24N4O4. The fraction of sp³-hybridized carbons (Fsp3) is 0.304. The molecule has 1 atom stereocenters. The van der Waals surface area contributed by atoms with E-state index in [4.69, 9.17) is 0 Å². The number of rotatable bonds is 4. The number of benzene rings is 2. The quantitative estimate of drug-likeness (QED) is 0.743. The molecule has 5 amide bonds. The number of nitrogens with zero attached hydrogens (tertiary/aromatic N) is 2. The lowest BCUT2D eigenvalue weighted by atomic mass is 9.90. The number of hydrogen-bond acceptors (Lipinski definition) is 4. The first-order valence-corrected chi connectivity index (χ1v) is 10.1. The third kappa shape index (κ3) is 3.54. The van der Waals surface area contributed by atoms with Crippen molar-refractivity contribution < 1.29 is 19.2 Å². The van der Waals surface area contributed by atoms with Gasteiger partial charge in [0.2, 0.25) is 11.8 Å². The van der Waals surface area contributed by atoms with Gasteiger partial charge in [-0.15, -0.1) is 0 Å². The standard InChI is InChI=1S/C23H24N4O4/c1-14(2)15-8-10-16(11-9-15)23(3)21(30)27(22(31)25-23)13-20(29)26-12-19(28)24-17-6-4-5-7-18(17)26/h4-11,14H,12-13H2,1-3H3,(H,24,28)(H,25,31). The summed E-state index contributed by atoms with van der Waals surface area (Å²) in [5, 5.41) is 5.43. The van der Waals surface area contributed by atoms with Crippen LogP contribution < -0.4 is 15.5 Å². The minimum atomic E-state index is -1.26. The zero-order valence-corrected chi connectivity index (χ0v) is 17.6. The van der Waals surface area contributed by atoms with Crippen molar-refractivity contribution in [1.29, 1.82) is 0 Å². The van der Waals surface area contributed by atoms with Gasteiger partial charge in [0, 0.05) is 0 Å². The summed E-state index contributed by atoms with van der Waals surface area (Å²) in [5.41, 5.74) is 1.56. The van der Waals surface area contributed by atoms with Crippen molar-refractivity contribution in [3.05, 3.63) is 59.7 Å². The fourth-order valence-electron chi connectivity index (χ4n) is 3.91. The predicted molar refractivity (Wildman–Crippen MR) is 116 cm³/mol. The van der Waals surface area contributed by atoms with Crippen molar-refractivity contribution in [2.45, 2.75) is 32.2 Å². The summed E-state index contributed by atoms with van der Waals surface area (Å²) < 4.78 is 0. The van der Waals surface area contributed by atoms with Crippen molar-refractivity contribution in [2.24, 2.45) is 0 Å². The second kappa shape index (κ2) is 7.54. The second-order valence-electron chi connectivity index (χ2n) is 8.27. The number of anilines is 2. The molecule has 2 heterocycles. The summed E-state index contributed by atoms with van der Waals surface area (Å²) in [4.78, 5) is 53.0. The van der Waals surface area contributed by atoms with Crippen LogP contribution in [0.3, 0.4) is 0 Å². The number of urea groups is 1. The summed E-state index contributed by atoms with van der Waals surface area (Å²) in [5.74, 6) is -1.00. The first-order chi connectivity index (χ1) is 14.7. The van der Waals surface area contributed by atoms with Crippen LogP contribution >= 0.6 is 0 Å². The zero-order valence-electron chi connectivity index (χ0n) is 17.6.